The zero-order chi connectivity index (χ0) is 14.8. The van der Waals surface area contributed by atoms with Crippen LogP contribution in [0.4, 0.5) is 13.2 Å². The highest BCUT2D eigenvalue weighted by Crippen LogP contribution is 2.35. The molecule has 0 spiro atoms. The Kier molecular flexibility index (Phi) is 4.82. The van der Waals surface area contributed by atoms with Crippen molar-refractivity contribution >= 4 is 27.3 Å². The van der Waals surface area contributed by atoms with Gasteiger partial charge in [-0.2, -0.15) is 13.2 Å². The summed E-state index contributed by atoms with van der Waals surface area (Å²) >= 11 is 4.43. The first-order valence-corrected chi connectivity index (χ1v) is 7.46. The molecule has 0 aliphatic heterocycles. The monoisotopic (exact) mass is 364 g/mol. The molecule has 0 aliphatic carbocycles. The first-order valence-electron chi connectivity index (χ1n) is 5.85. The van der Waals surface area contributed by atoms with E-state index in [1.165, 1.54) is 0 Å². The molecule has 0 saturated carbocycles. The lowest BCUT2D eigenvalue weighted by Gasteiger charge is -2.04. The number of thiazole rings is 1. The first kappa shape index (κ1) is 15.5. The van der Waals surface area contributed by atoms with Gasteiger partial charge in [-0.15, -0.1) is 11.3 Å². The van der Waals surface area contributed by atoms with Gasteiger partial charge in [0, 0.05) is 17.4 Å². The van der Waals surface area contributed by atoms with Crippen LogP contribution in [0.25, 0.3) is 0 Å². The van der Waals surface area contributed by atoms with Crippen LogP contribution in [0.5, 0.6) is 0 Å². The molecule has 108 valence electrons. The van der Waals surface area contributed by atoms with Gasteiger partial charge in [0.15, 0.2) is 5.69 Å². The number of hydrogen-bond acceptors (Lipinski definition) is 3. The van der Waals surface area contributed by atoms with Crippen molar-refractivity contribution in [1.29, 1.82) is 0 Å². The Labute approximate surface area is 127 Å². The van der Waals surface area contributed by atoms with Gasteiger partial charge in [0.2, 0.25) is 0 Å². The maximum atomic E-state index is 12.9. The summed E-state index contributed by atoms with van der Waals surface area (Å²) in [7, 11) is 1.62. The van der Waals surface area contributed by atoms with E-state index in [1.807, 2.05) is 24.3 Å². The average Bonchev–Trinajstić information content (AvgIpc) is 2.75. The highest BCUT2D eigenvalue weighted by molar-refractivity contribution is 9.10. The molecule has 0 radical (unpaired) electrons. The van der Waals surface area contributed by atoms with E-state index in [9.17, 15) is 13.2 Å². The highest BCUT2D eigenvalue weighted by atomic mass is 79.9. The van der Waals surface area contributed by atoms with Crippen LogP contribution < -0.4 is 5.32 Å². The standard InChI is InChI=1S/C13H12BrF3N2S/c1-18-7-10-12(13(15,16)17)19-11(20-10)6-8-2-4-9(14)5-3-8/h2-5,18H,6-7H2,1H3. The number of halogens is 4. The number of nitrogens with one attached hydrogen (secondary N) is 1. The fraction of sp³-hybridized carbons (Fsp3) is 0.308. The van der Waals surface area contributed by atoms with Crippen molar-refractivity contribution in [1.82, 2.24) is 10.3 Å². The van der Waals surface area contributed by atoms with E-state index in [0.29, 0.717) is 11.4 Å². The van der Waals surface area contributed by atoms with Crippen LogP contribution >= 0.6 is 27.3 Å². The summed E-state index contributed by atoms with van der Waals surface area (Å²) in [6.45, 7) is 0.173. The zero-order valence-corrected chi connectivity index (χ0v) is 13.0. The van der Waals surface area contributed by atoms with Crippen molar-refractivity contribution in [2.24, 2.45) is 0 Å². The summed E-state index contributed by atoms with van der Waals surface area (Å²) in [4.78, 5) is 3.99. The van der Waals surface area contributed by atoms with Gasteiger partial charge in [-0.1, -0.05) is 28.1 Å². The fourth-order valence-corrected chi connectivity index (χ4v) is 3.15. The minimum absolute atomic E-state index is 0.173. The molecule has 0 bridgehead atoms. The molecule has 1 N–H and O–H groups in total. The Morgan fingerprint density at radius 2 is 1.90 bits per heavy atom. The summed E-state index contributed by atoms with van der Waals surface area (Å²) in [5.74, 6) is 0. The lowest BCUT2D eigenvalue weighted by Crippen LogP contribution is -2.12. The number of nitrogens with zero attached hydrogens (tertiary/aromatic N) is 1. The predicted octanol–water partition coefficient (Wildman–Crippen LogP) is 4.23. The van der Waals surface area contributed by atoms with Crippen molar-refractivity contribution in [2.45, 2.75) is 19.1 Å². The van der Waals surface area contributed by atoms with Crippen LogP contribution in [0.3, 0.4) is 0 Å². The summed E-state index contributed by atoms with van der Waals surface area (Å²) in [5, 5.41) is 3.22. The van der Waals surface area contributed by atoms with E-state index in [0.717, 1.165) is 21.4 Å². The van der Waals surface area contributed by atoms with Gasteiger partial charge in [-0.05, 0) is 24.7 Å². The van der Waals surface area contributed by atoms with Gasteiger partial charge in [0.1, 0.15) is 0 Å². The quantitative estimate of drug-likeness (QED) is 0.877. The molecule has 2 nitrogen and oxygen atoms in total. The maximum absolute atomic E-state index is 12.9. The second kappa shape index (κ2) is 6.24. The molecule has 0 fully saturated rings. The molecule has 20 heavy (non-hydrogen) atoms. The highest BCUT2D eigenvalue weighted by Gasteiger charge is 2.37. The lowest BCUT2D eigenvalue weighted by atomic mass is 10.2. The second-order valence-electron chi connectivity index (χ2n) is 4.21. The summed E-state index contributed by atoms with van der Waals surface area (Å²) in [6, 6.07) is 7.47. The lowest BCUT2D eigenvalue weighted by molar-refractivity contribution is -0.141. The Bertz CT molecular complexity index is 578. The van der Waals surface area contributed by atoms with Crippen molar-refractivity contribution in [3.8, 4) is 0 Å². The van der Waals surface area contributed by atoms with Gasteiger partial charge in [-0.25, -0.2) is 4.98 Å². The van der Waals surface area contributed by atoms with E-state index in [1.54, 1.807) is 7.05 Å². The summed E-state index contributed by atoms with van der Waals surface area (Å²) in [6.07, 6.45) is -3.99. The molecular weight excluding hydrogens is 353 g/mol. The third kappa shape index (κ3) is 3.80. The van der Waals surface area contributed by atoms with Crippen molar-refractivity contribution in [3.05, 3.63) is 49.9 Å². The largest absolute Gasteiger partial charge is 0.434 e. The summed E-state index contributed by atoms with van der Waals surface area (Å²) < 4.78 is 39.6. The molecule has 1 aromatic heterocycles. The third-order valence-corrected chi connectivity index (χ3v) is 4.20. The molecule has 0 amide bonds. The zero-order valence-electron chi connectivity index (χ0n) is 10.6. The van der Waals surface area contributed by atoms with E-state index in [2.05, 4.69) is 26.2 Å². The van der Waals surface area contributed by atoms with Gasteiger partial charge >= 0.3 is 6.18 Å². The average molecular weight is 365 g/mol. The molecule has 0 aliphatic rings. The number of benzene rings is 1. The van der Waals surface area contributed by atoms with E-state index >= 15 is 0 Å². The third-order valence-electron chi connectivity index (χ3n) is 2.62. The minimum Gasteiger partial charge on any atom is -0.315 e. The molecule has 2 aromatic rings. The van der Waals surface area contributed by atoms with Gasteiger partial charge in [0.05, 0.1) is 9.88 Å². The molecule has 2 rings (SSSR count). The van der Waals surface area contributed by atoms with E-state index in [-0.39, 0.29) is 11.4 Å². The van der Waals surface area contributed by atoms with E-state index < -0.39 is 11.9 Å². The van der Waals surface area contributed by atoms with Gasteiger partial charge in [0.25, 0.3) is 0 Å². The van der Waals surface area contributed by atoms with Crippen LogP contribution in [0.2, 0.25) is 0 Å². The topological polar surface area (TPSA) is 24.9 Å². The summed E-state index contributed by atoms with van der Waals surface area (Å²) in [5.41, 5.74) is 0.163. The molecule has 0 atom stereocenters. The maximum Gasteiger partial charge on any atom is 0.434 e. The van der Waals surface area contributed by atoms with Crippen molar-refractivity contribution in [3.63, 3.8) is 0 Å². The Morgan fingerprint density at radius 1 is 1.25 bits per heavy atom. The molecule has 1 heterocycles. The SMILES string of the molecule is CNCc1sc(Cc2ccc(Br)cc2)nc1C(F)(F)F. The number of aromatic nitrogens is 1. The number of hydrogen-bond donors (Lipinski definition) is 1. The van der Waals surface area contributed by atoms with Crippen LogP contribution in [-0.4, -0.2) is 12.0 Å². The van der Waals surface area contributed by atoms with Gasteiger partial charge in [-0.3, -0.25) is 0 Å². The molecule has 0 saturated heterocycles. The Balaban J connectivity index is 2.26. The first-order chi connectivity index (χ1) is 9.40. The molecule has 7 heteroatoms. The Hall–Kier alpha value is -0.920. The Morgan fingerprint density at radius 3 is 2.45 bits per heavy atom. The van der Waals surface area contributed by atoms with Crippen LogP contribution in [0, 0.1) is 0 Å². The molecule has 0 unspecified atom stereocenters. The molecular formula is C13H12BrF3N2S. The molecule has 1 aromatic carbocycles. The second-order valence-corrected chi connectivity index (χ2v) is 6.29. The smallest absolute Gasteiger partial charge is 0.315 e. The van der Waals surface area contributed by atoms with Crippen LogP contribution in [0.1, 0.15) is 21.1 Å². The van der Waals surface area contributed by atoms with E-state index in [4.69, 9.17) is 0 Å². The minimum atomic E-state index is -4.40. The van der Waals surface area contributed by atoms with Crippen molar-refractivity contribution in [2.75, 3.05) is 7.05 Å². The number of rotatable bonds is 4. The predicted molar refractivity (Wildman–Crippen MR) is 76.8 cm³/mol. The van der Waals surface area contributed by atoms with Crippen LogP contribution in [-0.2, 0) is 19.1 Å². The number of alkyl halides is 3. The van der Waals surface area contributed by atoms with Crippen molar-refractivity contribution < 1.29 is 13.2 Å². The normalized spacial score (nSPS) is 11.8. The van der Waals surface area contributed by atoms with Crippen LogP contribution in [0.15, 0.2) is 28.7 Å². The van der Waals surface area contributed by atoms with Gasteiger partial charge < -0.3 is 5.32 Å². The fourth-order valence-electron chi connectivity index (χ4n) is 1.75.